The maximum Gasteiger partial charge on any atom is 0.238 e. The van der Waals surface area contributed by atoms with Crippen LogP contribution in [0.5, 0.6) is 5.75 Å². The molecule has 6 nitrogen and oxygen atoms in total. The topological polar surface area (TPSA) is 75.7 Å². The number of ether oxygens (including phenoxy) is 1. The van der Waals surface area contributed by atoms with Crippen LogP contribution in [0.3, 0.4) is 0 Å². The standard InChI is InChI=1S/C17H26N2O4S/c1-13-7-8-16(23-2)14(12-13)9-10-18-17(20)15-6-4-5-11-19(15)24(3,21)22/h7-8,12,15H,4-6,9-11H2,1-3H3,(H,18,20)/t15-/m1/s1. The van der Waals surface area contributed by atoms with E-state index in [0.717, 1.165) is 36.0 Å². The molecule has 0 aromatic heterocycles. The van der Waals surface area contributed by atoms with Crippen LogP contribution in [0.4, 0.5) is 0 Å². The van der Waals surface area contributed by atoms with Crippen molar-refractivity contribution in [2.24, 2.45) is 0 Å². The van der Waals surface area contributed by atoms with Crippen LogP contribution in [0, 0.1) is 6.92 Å². The van der Waals surface area contributed by atoms with Gasteiger partial charge in [-0.25, -0.2) is 8.42 Å². The van der Waals surface area contributed by atoms with E-state index in [1.165, 1.54) is 4.31 Å². The van der Waals surface area contributed by atoms with Gasteiger partial charge in [-0.2, -0.15) is 4.31 Å². The van der Waals surface area contributed by atoms with Gasteiger partial charge >= 0.3 is 0 Å². The number of carbonyl (C=O) groups excluding carboxylic acids is 1. The molecule has 1 aromatic rings. The molecular weight excluding hydrogens is 328 g/mol. The maximum absolute atomic E-state index is 12.4. The van der Waals surface area contributed by atoms with Crippen LogP contribution in [0.15, 0.2) is 18.2 Å². The molecule has 1 atom stereocenters. The van der Waals surface area contributed by atoms with Crippen LogP contribution in [0.1, 0.15) is 30.4 Å². The van der Waals surface area contributed by atoms with E-state index in [1.807, 2.05) is 25.1 Å². The van der Waals surface area contributed by atoms with Crippen molar-refractivity contribution < 1.29 is 17.9 Å². The van der Waals surface area contributed by atoms with E-state index >= 15 is 0 Å². The van der Waals surface area contributed by atoms with Gasteiger partial charge in [-0.3, -0.25) is 4.79 Å². The summed E-state index contributed by atoms with van der Waals surface area (Å²) in [4.78, 5) is 12.4. The third-order valence-electron chi connectivity index (χ3n) is 4.31. The molecule has 1 amide bonds. The lowest BCUT2D eigenvalue weighted by Crippen LogP contribution is -2.51. The van der Waals surface area contributed by atoms with E-state index in [2.05, 4.69) is 5.32 Å². The number of nitrogens with one attached hydrogen (secondary N) is 1. The number of sulfonamides is 1. The molecule has 0 aliphatic carbocycles. The van der Waals surface area contributed by atoms with Crippen molar-refractivity contribution in [2.75, 3.05) is 26.5 Å². The predicted octanol–water partition coefficient (Wildman–Crippen LogP) is 1.48. The molecule has 1 aliphatic rings. The van der Waals surface area contributed by atoms with Crippen LogP contribution in [-0.4, -0.2) is 51.1 Å². The number of carbonyl (C=O) groups is 1. The molecule has 0 unspecified atom stereocenters. The number of benzene rings is 1. The number of nitrogens with zero attached hydrogens (tertiary/aromatic N) is 1. The molecule has 7 heteroatoms. The molecule has 24 heavy (non-hydrogen) atoms. The summed E-state index contributed by atoms with van der Waals surface area (Å²) >= 11 is 0. The van der Waals surface area contributed by atoms with Gasteiger partial charge in [-0.15, -0.1) is 0 Å². The van der Waals surface area contributed by atoms with E-state index in [-0.39, 0.29) is 5.91 Å². The normalized spacial score (nSPS) is 19.0. The summed E-state index contributed by atoms with van der Waals surface area (Å²) in [6.45, 7) is 2.88. The second-order valence-electron chi connectivity index (χ2n) is 6.24. The molecule has 0 bridgehead atoms. The number of piperidine rings is 1. The average molecular weight is 354 g/mol. The van der Waals surface area contributed by atoms with Crippen molar-refractivity contribution in [3.63, 3.8) is 0 Å². The maximum atomic E-state index is 12.4. The van der Waals surface area contributed by atoms with Gasteiger partial charge in [0.05, 0.1) is 13.4 Å². The van der Waals surface area contributed by atoms with Gasteiger partial charge in [-0.05, 0) is 37.8 Å². The van der Waals surface area contributed by atoms with Gasteiger partial charge in [0, 0.05) is 13.1 Å². The molecule has 2 rings (SSSR count). The molecule has 1 heterocycles. The van der Waals surface area contributed by atoms with E-state index in [1.54, 1.807) is 7.11 Å². The zero-order valence-corrected chi connectivity index (χ0v) is 15.4. The minimum absolute atomic E-state index is 0.216. The molecule has 1 aliphatic heterocycles. The number of hydrogen-bond donors (Lipinski definition) is 1. The Hall–Kier alpha value is -1.60. The third-order valence-corrected chi connectivity index (χ3v) is 5.60. The summed E-state index contributed by atoms with van der Waals surface area (Å²) in [5, 5.41) is 2.87. The zero-order valence-electron chi connectivity index (χ0n) is 14.5. The van der Waals surface area contributed by atoms with Gasteiger partial charge in [0.2, 0.25) is 15.9 Å². The quantitative estimate of drug-likeness (QED) is 0.839. The molecule has 1 fully saturated rings. The van der Waals surface area contributed by atoms with Crippen molar-refractivity contribution in [3.8, 4) is 5.75 Å². The summed E-state index contributed by atoms with van der Waals surface area (Å²) in [5.41, 5.74) is 2.16. The molecular formula is C17H26N2O4S. The van der Waals surface area contributed by atoms with Crippen molar-refractivity contribution in [1.29, 1.82) is 0 Å². The Morgan fingerprint density at radius 1 is 1.38 bits per heavy atom. The number of amides is 1. The Bertz CT molecular complexity index is 688. The van der Waals surface area contributed by atoms with Gasteiger partial charge in [-0.1, -0.05) is 24.1 Å². The van der Waals surface area contributed by atoms with Crippen LogP contribution in [0.2, 0.25) is 0 Å². The first-order valence-corrected chi connectivity index (χ1v) is 10.1. The predicted molar refractivity (Wildman–Crippen MR) is 93.6 cm³/mol. The fraction of sp³-hybridized carbons (Fsp3) is 0.588. The summed E-state index contributed by atoms with van der Waals surface area (Å²) in [7, 11) is -1.74. The highest BCUT2D eigenvalue weighted by molar-refractivity contribution is 7.88. The monoisotopic (exact) mass is 354 g/mol. The molecule has 1 aromatic carbocycles. The lowest BCUT2D eigenvalue weighted by Gasteiger charge is -2.32. The molecule has 1 N–H and O–H groups in total. The molecule has 134 valence electrons. The van der Waals surface area contributed by atoms with E-state index in [9.17, 15) is 13.2 Å². The smallest absolute Gasteiger partial charge is 0.238 e. The van der Waals surface area contributed by atoms with Crippen LogP contribution in [0.25, 0.3) is 0 Å². The van der Waals surface area contributed by atoms with E-state index in [4.69, 9.17) is 4.74 Å². The zero-order chi connectivity index (χ0) is 17.7. The Morgan fingerprint density at radius 2 is 2.12 bits per heavy atom. The molecule has 0 saturated carbocycles. The number of hydrogen-bond acceptors (Lipinski definition) is 4. The van der Waals surface area contributed by atoms with Crippen LogP contribution in [-0.2, 0) is 21.2 Å². The van der Waals surface area contributed by atoms with E-state index < -0.39 is 16.1 Å². The summed E-state index contributed by atoms with van der Waals surface area (Å²) in [6.07, 6.45) is 4.05. The van der Waals surface area contributed by atoms with Gasteiger partial charge in [0.1, 0.15) is 11.8 Å². The second kappa shape index (κ2) is 7.98. The van der Waals surface area contributed by atoms with Crippen molar-refractivity contribution >= 4 is 15.9 Å². The first kappa shape index (κ1) is 18.7. The minimum Gasteiger partial charge on any atom is -0.496 e. The number of rotatable bonds is 6. The van der Waals surface area contributed by atoms with Crippen LogP contribution < -0.4 is 10.1 Å². The van der Waals surface area contributed by atoms with Crippen molar-refractivity contribution in [1.82, 2.24) is 9.62 Å². The minimum atomic E-state index is -3.36. The fourth-order valence-corrected chi connectivity index (χ4v) is 4.23. The fourth-order valence-electron chi connectivity index (χ4n) is 3.10. The number of methoxy groups -OCH3 is 1. The van der Waals surface area contributed by atoms with Gasteiger partial charge < -0.3 is 10.1 Å². The highest BCUT2D eigenvalue weighted by Crippen LogP contribution is 2.21. The highest BCUT2D eigenvalue weighted by atomic mass is 32.2. The lowest BCUT2D eigenvalue weighted by atomic mass is 10.0. The Kier molecular flexibility index (Phi) is 6.23. The molecule has 0 radical (unpaired) electrons. The SMILES string of the molecule is COc1ccc(C)cc1CCNC(=O)[C@H]1CCCCN1S(C)(=O)=O. The van der Waals surface area contributed by atoms with Gasteiger partial charge in [0.25, 0.3) is 0 Å². The van der Waals surface area contributed by atoms with E-state index in [0.29, 0.717) is 25.9 Å². The third kappa shape index (κ3) is 4.70. The second-order valence-corrected chi connectivity index (χ2v) is 8.18. The summed E-state index contributed by atoms with van der Waals surface area (Å²) < 4.78 is 30.3. The molecule has 0 spiro atoms. The highest BCUT2D eigenvalue weighted by Gasteiger charge is 2.34. The Morgan fingerprint density at radius 3 is 2.79 bits per heavy atom. The molecule has 1 saturated heterocycles. The number of aryl methyl sites for hydroxylation is 1. The van der Waals surface area contributed by atoms with Crippen LogP contribution >= 0.6 is 0 Å². The first-order chi connectivity index (χ1) is 11.3. The Labute approximate surface area is 144 Å². The Balaban J connectivity index is 1.96. The lowest BCUT2D eigenvalue weighted by molar-refractivity contribution is -0.125. The van der Waals surface area contributed by atoms with Gasteiger partial charge in [0.15, 0.2) is 0 Å². The van der Waals surface area contributed by atoms with Crippen molar-refractivity contribution in [2.45, 2.75) is 38.6 Å². The first-order valence-electron chi connectivity index (χ1n) is 8.21. The van der Waals surface area contributed by atoms with Crippen molar-refractivity contribution in [3.05, 3.63) is 29.3 Å². The largest absolute Gasteiger partial charge is 0.496 e. The average Bonchev–Trinajstić information content (AvgIpc) is 2.54. The summed E-state index contributed by atoms with van der Waals surface area (Å²) in [6, 6.07) is 5.34. The summed E-state index contributed by atoms with van der Waals surface area (Å²) in [5.74, 6) is 0.581.